The molecule has 2 amide bonds. The molecule has 0 spiro atoms. The Morgan fingerprint density at radius 1 is 1.19 bits per heavy atom. The van der Waals surface area contributed by atoms with Crippen LogP contribution in [-0.2, 0) is 9.59 Å². The van der Waals surface area contributed by atoms with Gasteiger partial charge in [-0.2, -0.15) is 0 Å². The largest absolute Gasteiger partial charge is 0.484 e. The molecule has 0 aromatic heterocycles. The van der Waals surface area contributed by atoms with Crippen LogP contribution in [0.2, 0.25) is 0 Å². The number of carbonyl (C=O) groups is 3. The molecule has 148 valence electrons. The molecule has 1 aromatic carbocycles. The highest BCUT2D eigenvalue weighted by molar-refractivity contribution is 5.94. The van der Waals surface area contributed by atoms with Crippen LogP contribution in [0.15, 0.2) is 24.3 Å². The summed E-state index contributed by atoms with van der Waals surface area (Å²) in [5.74, 6) is -1.47. The first-order chi connectivity index (χ1) is 12.8. The lowest BCUT2D eigenvalue weighted by atomic mass is 9.97. The first-order valence-electron chi connectivity index (χ1n) is 9.34. The lowest BCUT2D eigenvalue weighted by Gasteiger charge is -2.38. The van der Waals surface area contributed by atoms with E-state index in [1.54, 1.807) is 24.3 Å². The van der Waals surface area contributed by atoms with Crippen molar-refractivity contribution in [1.82, 2.24) is 10.2 Å². The average molecular weight is 376 g/mol. The summed E-state index contributed by atoms with van der Waals surface area (Å²) in [4.78, 5) is 37.2. The number of nitrogens with one attached hydrogen (secondary N) is 1. The molecule has 1 heterocycles. The van der Waals surface area contributed by atoms with Crippen molar-refractivity contribution in [3.05, 3.63) is 29.8 Å². The van der Waals surface area contributed by atoms with E-state index in [1.165, 1.54) is 6.92 Å². The van der Waals surface area contributed by atoms with Gasteiger partial charge in [-0.25, -0.2) is 0 Å². The molecule has 0 radical (unpaired) electrons. The van der Waals surface area contributed by atoms with Crippen molar-refractivity contribution in [2.24, 2.45) is 5.92 Å². The minimum absolute atomic E-state index is 0.0285. The Balaban J connectivity index is 1.85. The number of piperidine rings is 1. The zero-order valence-electron chi connectivity index (χ0n) is 16.1. The zero-order chi connectivity index (χ0) is 20.0. The molecular formula is C20H28N2O5. The van der Waals surface area contributed by atoms with Crippen LogP contribution in [-0.4, -0.2) is 53.0 Å². The van der Waals surface area contributed by atoms with Gasteiger partial charge < -0.3 is 20.1 Å². The van der Waals surface area contributed by atoms with E-state index in [2.05, 4.69) is 19.2 Å². The third-order valence-electron chi connectivity index (χ3n) is 4.95. The van der Waals surface area contributed by atoms with E-state index < -0.39 is 11.9 Å². The normalized spacial score (nSPS) is 20.6. The smallest absolute Gasteiger partial charge is 0.308 e. The SMILES string of the molecule is CC(CNC(=O)c1ccc(OCC(=O)N2C(C)CCCC2C)cc1)C(=O)O. The van der Waals surface area contributed by atoms with E-state index in [1.807, 2.05) is 4.90 Å². The maximum Gasteiger partial charge on any atom is 0.308 e. The number of hydrogen-bond acceptors (Lipinski definition) is 4. The maximum atomic E-state index is 12.5. The van der Waals surface area contributed by atoms with Crippen LogP contribution in [0.1, 0.15) is 50.4 Å². The Hall–Kier alpha value is -2.57. The second-order valence-corrected chi connectivity index (χ2v) is 7.19. The van der Waals surface area contributed by atoms with E-state index in [-0.39, 0.29) is 37.0 Å². The Kier molecular flexibility index (Phi) is 7.21. The molecule has 0 bridgehead atoms. The van der Waals surface area contributed by atoms with Crippen LogP contribution < -0.4 is 10.1 Å². The molecule has 7 heteroatoms. The van der Waals surface area contributed by atoms with Crippen molar-refractivity contribution in [2.75, 3.05) is 13.2 Å². The topological polar surface area (TPSA) is 95.9 Å². The summed E-state index contributed by atoms with van der Waals surface area (Å²) in [6, 6.07) is 6.89. The minimum Gasteiger partial charge on any atom is -0.484 e. The Bertz CT molecular complexity index is 663. The zero-order valence-corrected chi connectivity index (χ0v) is 16.1. The fraction of sp³-hybridized carbons (Fsp3) is 0.550. The minimum atomic E-state index is -0.957. The quantitative estimate of drug-likeness (QED) is 0.761. The summed E-state index contributed by atoms with van der Waals surface area (Å²) in [5.41, 5.74) is 0.407. The van der Waals surface area contributed by atoms with Gasteiger partial charge in [0.25, 0.3) is 11.8 Å². The van der Waals surface area contributed by atoms with E-state index in [4.69, 9.17) is 9.84 Å². The predicted molar refractivity (Wildman–Crippen MR) is 101 cm³/mol. The Morgan fingerprint density at radius 2 is 1.78 bits per heavy atom. The van der Waals surface area contributed by atoms with Crippen molar-refractivity contribution < 1.29 is 24.2 Å². The first-order valence-corrected chi connectivity index (χ1v) is 9.34. The molecule has 1 saturated heterocycles. The fourth-order valence-corrected chi connectivity index (χ4v) is 3.27. The number of aliphatic carboxylic acids is 1. The van der Waals surface area contributed by atoms with Gasteiger partial charge in [-0.1, -0.05) is 6.92 Å². The molecular weight excluding hydrogens is 348 g/mol. The van der Waals surface area contributed by atoms with Crippen LogP contribution in [0, 0.1) is 5.92 Å². The molecule has 7 nitrogen and oxygen atoms in total. The molecule has 3 atom stereocenters. The van der Waals surface area contributed by atoms with E-state index >= 15 is 0 Å². The van der Waals surface area contributed by atoms with Crippen LogP contribution in [0.3, 0.4) is 0 Å². The third kappa shape index (κ3) is 5.70. The van der Waals surface area contributed by atoms with Crippen LogP contribution in [0.5, 0.6) is 5.75 Å². The third-order valence-corrected chi connectivity index (χ3v) is 4.95. The van der Waals surface area contributed by atoms with Gasteiger partial charge in [0, 0.05) is 24.2 Å². The molecule has 0 saturated carbocycles. The Morgan fingerprint density at radius 3 is 2.33 bits per heavy atom. The number of nitrogens with zero attached hydrogens (tertiary/aromatic N) is 1. The van der Waals surface area contributed by atoms with Gasteiger partial charge in [0.05, 0.1) is 5.92 Å². The van der Waals surface area contributed by atoms with Crippen LogP contribution in [0.25, 0.3) is 0 Å². The number of ether oxygens (including phenoxy) is 1. The van der Waals surface area contributed by atoms with E-state index in [9.17, 15) is 14.4 Å². The van der Waals surface area contributed by atoms with Crippen molar-refractivity contribution in [1.29, 1.82) is 0 Å². The van der Waals surface area contributed by atoms with Crippen LogP contribution >= 0.6 is 0 Å². The highest BCUT2D eigenvalue weighted by Crippen LogP contribution is 2.23. The molecule has 1 aliphatic rings. The number of carbonyl (C=O) groups excluding carboxylic acids is 2. The second-order valence-electron chi connectivity index (χ2n) is 7.19. The van der Waals surface area contributed by atoms with Gasteiger partial charge in [0.2, 0.25) is 0 Å². The predicted octanol–water partition coefficient (Wildman–Crippen LogP) is 2.31. The van der Waals surface area contributed by atoms with Gasteiger partial charge in [0.15, 0.2) is 6.61 Å². The standard InChI is InChI=1S/C20H28N2O5/c1-13(20(25)26)11-21-19(24)16-7-9-17(10-8-16)27-12-18(23)22-14(2)5-4-6-15(22)3/h7-10,13-15H,4-6,11-12H2,1-3H3,(H,21,24)(H,25,26). The summed E-state index contributed by atoms with van der Waals surface area (Å²) in [6.45, 7) is 5.68. The molecule has 1 fully saturated rings. The number of amides is 2. The highest BCUT2D eigenvalue weighted by atomic mass is 16.5. The van der Waals surface area contributed by atoms with Gasteiger partial charge >= 0.3 is 5.97 Å². The number of benzene rings is 1. The lowest BCUT2D eigenvalue weighted by molar-refractivity contribution is -0.141. The number of likely N-dealkylation sites (tertiary alicyclic amines) is 1. The second kappa shape index (κ2) is 9.39. The summed E-state index contributed by atoms with van der Waals surface area (Å²) in [6.07, 6.45) is 3.17. The molecule has 2 rings (SSSR count). The van der Waals surface area contributed by atoms with Gasteiger partial charge in [-0.3, -0.25) is 14.4 Å². The summed E-state index contributed by atoms with van der Waals surface area (Å²) < 4.78 is 5.58. The monoisotopic (exact) mass is 376 g/mol. The molecule has 1 aromatic rings. The van der Waals surface area contributed by atoms with E-state index in [0.29, 0.717) is 11.3 Å². The number of rotatable bonds is 7. The molecule has 2 N–H and O–H groups in total. The van der Waals surface area contributed by atoms with Gasteiger partial charge in [-0.15, -0.1) is 0 Å². The molecule has 3 unspecified atom stereocenters. The van der Waals surface area contributed by atoms with Crippen LogP contribution in [0.4, 0.5) is 0 Å². The Labute approximate surface area is 159 Å². The number of carboxylic acid groups (broad SMARTS) is 1. The maximum absolute atomic E-state index is 12.5. The summed E-state index contributed by atoms with van der Waals surface area (Å²) >= 11 is 0. The molecule has 27 heavy (non-hydrogen) atoms. The van der Waals surface area contributed by atoms with Crippen molar-refractivity contribution in [3.8, 4) is 5.75 Å². The fourth-order valence-electron chi connectivity index (χ4n) is 3.27. The molecule has 1 aliphatic heterocycles. The van der Waals surface area contributed by atoms with Crippen molar-refractivity contribution in [3.63, 3.8) is 0 Å². The summed E-state index contributed by atoms with van der Waals surface area (Å²) in [7, 11) is 0. The molecule has 0 aliphatic carbocycles. The first kappa shape index (κ1) is 20.7. The lowest BCUT2D eigenvalue weighted by Crippen LogP contribution is -2.49. The van der Waals surface area contributed by atoms with Gasteiger partial charge in [0.1, 0.15) is 5.75 Å². The van der Waals surface area contributed by atoms with Crippen molar-refractivity contribution >= 4 is 17.8 Å². The van der Waals surface area contributed by atoms with E-state index in [0.717, 1.165) is 19.3 Å². The van der Waals surface area contributed by atoms with Gasteiger partial charge in [-0.05, 0) is 57.4 Å². The number of carboxylic acids is 1. The number of hydrogen-bond donors (Lipinski definition) is 2. The van der Waals surface area contributed by atoms with Crippen molar-refractivity contribution in [2.45, 2.75) is 52.1 Å². The average Bonchev–Trinajstić information content (AvgIpc) is 2.64. The summed E-state index contributed by atoms with van der Waals surface area (Å²) in [5, 5.41) is 11.4. The highest BCUT2D eigenvalue weighted by Gasteiger charge is 2.28.